The Labute approximate surface area is 95.1 Å². The molecule has 0 spiro atoms. The molecule has 2 bridgehead atoms. The van der Waals surface area contributed by atoms with E-state index in [2.05, 4.69) is 32.9 Å². The zero-order valence-electron chi connectivity index (χ0n) is 10.6. The summed E-state index contributed by atoms with van der Waals surface area (Å²) >= 11 is 0. The maximum atomic E-state index is 2.49. The third-order valence-electron chi connectivity index (χ3n) is 4.73. The van der Waals surface area contributed by atoms with Crippen molar-refractivity contribution >= 4 is 0 Å². The summed E-state index contributed by atoms with van der Waals surface area (Å²) in [5, 5.41) is 0. The topological polar surface area (TPSA) is 0 Å². The quantitative estimate of drug-likeness (QED) is 0.499. The van der Waals surface area contributed by atoms with Crippen LogP contribution in [0.25, 0.3) is 0 Å². The van der Waals surface area contributed by atoms with E-state index in [1.54, 1.807) is 0 Å². The highest BCUT2D eigenvalue weighted by Gasteiger charge is 2.34. The molecule has 1 saturated carbocycles. The molecule has 0 saturated heterocycles. The first-order valence-corrected chi connectivity index (χ1v) is 6.74. The van der Waals surface area contributed by atoms with Crippen LogP contribution in [0.4, 0.5) is 0 Å². The van der Waals surface area contributed by atoms with Crippen LogP contribution < -0.4 is 0 Å². The van der Waals surface area contributed by atoms with Gasteiger partial charge in [-0.25, -0.2) is 0 Å². The maximum absolute atomic E-state index is 2.49. The van der Waals surface area contributed by atoms with E-state index in [0.717, 1.165) is 17.8 Å². The van der Waals surface area contributed by atoms with Crippen LogP contribution in [0.5, 0.6) is 0 Å². The van der Waals surface area contributed by atoms with Gasteiger partial charge in [0.05, 0.1) is 0 Å². The SMILES string of the molecule is CC1/C=C/CC2CCC(CC2)C(C)(C)C1. The molecule has 0 aromatic heterocycles. The first-order chi connectivity index (χ1) is 7.08. The Kier molecular flexibility index (Phi) is 3.23. The minimum Gasteiger partial charge on any atom is -0.0880 e. The van der Waals surface area contributed by atoms with Gasteiger partial charge in [-0.1, -0.05) is 32.9 Å². The second-order valence-corrected chi connectivity index (χ2v) is 6.55. The lowest BCUT2D eigenvalue weighted by molar-refractivity contribution is 0.111. The van der Waals surface area contributed by atoms with Crippen molar-refractivity contribution in [3.8, 4) is 0 Å². The molecule has 3 rings (SSSR count). The Morgan fingerprint density at radius 1 is 1.07 bits per heavy atom. The molecule has 0 amide bonds. The smallest absolute Gasteiger partial charge is 0.0257 e. The molecule has 0 radical (unpaired) electrons. The van der Waals surface area contributed by atoms with Crippen molar-refractivity contribution < 1.29 is 0 Å². The molecule has 15 heavy (non-hydrogen) atoms. The van der Waals surface area contributed by atoms with Gasteiger partial charge in [0.2, 0.25) is 0 Å². The van der Waals surface area contributed by atoms with Crippen LogP contribution in [-0.2, 0) is 0 Å². The van der Waals surface area contributed by atoms with E-state index in [1.165, 1.54) is 38.5 Å². The molecular weight excluding hydrogens is 180 g/mol. The lowest BCUT2D eigenvalue weighted by Gasteiger charge is -2.41. The van der Waals surface area contributed by atoms with Gasteiger partial charge in [0.15, 0.2) is 0 Å². The number of hydrogen-bond donors (Lipinski definition) is 0. The van der Waals surface area contributed by atoms with Crippen molar-refractivity contribution in [2.24, 2.45) is 23.2 Å². The molecule has 86 valence electrons. The third kappa shape index (κ3) is 2.65. The summed E-state index contributed by atoms with van der Waals surface area (Å²) in [7, 11) is 0. The fraction of sp³-hybridized carbons (Fsp3) is 0.867. The summed E-state index contributed by atoms with van der Waals surface area (Å²) in [6.45, 7) is 7.36. The van der Waals surface area contributed by atoms with Gasteiger partial charge in [-0.05, 0) is 61.7 Å². The predicted molar refractivity (Wildman–Crippen MR) is 66.8 cm³/mol. The van der Waals surface area contributed by atoms with Crippen molar-refractivity contribution in [1.29, 1.82) is 0 Å². The summed E-state index contributed by atoms with van der Waals surface area (Å²) in [5.74, 6) is 2.76. The van der Waals surface area contributed by atoms with E-state index < -0.39 is 0 Å². The predicted octanol–water partition coefficient (Wildman–Crippen LogP) is 4.81. The summed E-state index contributed by atoms with van der Waals surface area (Å²) in [4.78, 5) is 0. The zero-order valence-corrected chi connectivity index (χ0v) is 10.6. The van der Waals surface area contributed by atoms with Crippen LogP contribution in [0, 0.1) is 23.2 Å². The largest absolute Gasteiger partial charge is 0.0880 e. The molecule has 0 heterocycles. The van der Waals surface area contributed by atoms with Crippen LogP contribution in [0.2, 0.25) is 0 Å². The fourth-order valence-corrected chi connectivity index (χ4v) is 3.75. The normalized spacial score (nSPS) is 42.5. The number of fused-ring (bicyclic) bond motifs is 6. The van der Waals surface area contributed by atoms with Gasteiger partial charge in [0.25, 0.3) is 0 Å². The van der Waals surface area contributed by atoms with Crippen LogP contribution >= 0.6 is 0 Å². The molecule has 0 nitrogen and oxygen atoms in total. The van der Waals surface area contributed by atoms with E-state index in [0.29, 0.717) is 5.41 Å². The Morgan fingerprint density at radius 2 is 1.73 bits per heavy atom. The Hall–Kier alpha value is -0.260. The van der Waals surface area contributed by atoms with Gasteiger partial charge in [-0.2, -0.15) is 0 Å². The Bertz CT molecular complexity index is 228. The highest BCUT2D eigenvalue weighted by atomic mass is 14.4. The van der Waals surface area contributed by atoms with Crippen LogP contribution in [0.3, 0.4) is 0 Å². The lowest BCUT2D eigenvalue weighted by Crippen LogP contribution is -2.30. The minimum atomic E-state index is 0.562. The zero-order chi connectivity index (χ0) is 10.9. The average Bonchev–Trinajstić information content (AvgIpc) is 2.17. The van der Waals surface area contributed by atoms with Crippen molar-refractivity contribution in [3.05, 3.63) is 12.2 Å². The molecule has 0 aliphatic heterocycles. The van der Waals surface area contributed by atoms with Crippen molar-refractivity contribution in [3.63, 3.8) is 0 Å². The van der Waals surface area contributed by atoms with Crippen molar-refractivity contribution in [2.45, 2.75) is 59.3 Å². The van der Waals surface area contributed by atoms with E-state index in [4.69, 9.17) is 0 Å². The highest BCUT2D eigenvalue weighted by Crippen LogP contribution is 2.45. The first-order valence-electron chi connectivity index (χ1n) is 6.74. The molecule has 1 unspecified atom stereocenters. The molecule has 0 aromatic carbocycles. The van der Waals surface area contributed by atoms with Crippen molar-refractivity contribution in [1.82, 2.24) is 0 Å². The Balaban J connectivity index is 2.15. The molecule has 0 aromatic rings. The highest BCUT2D eigenvalue weighted by molar-refractivity contribution is 4.95. The third-order valence-corrected chi connectivity index (χ3v) is 4.73. The van der Waals surface area contributed by atoms with E-state index >= 15 is 0 Å². The molecule has 1 fully saturated rings. The van der Waals surface area contributed by atoms with Gasteiger partial charge in [-0.3, -0.25) is 0 Å². The molecule has 3 aliphatic rings. The van der Waals surface area contributed by atoms with E-state index in [-0.39, 0.29) is 0 Å². The first kappa shape index (κ1) is 11.2. The summed E-state index contributed by atoms with van der Waals surface area (Å²) in [6, 6.07) is 0. The van der Waals surface area contributed by atoms with E-state index in [1.807, 2.05) is 0 Å². The Morgan fingerprint density at radius 3 is 2.40 bits per heavy atom. The van der Waals surface area contributed by atoms with Gasteiger partial charge in [0.1, 0.15) is 0 Å². The molecule has 3 aliphatic carbocycles. The van der Waals surface area contributed by atoms with Gasteiger partial charge in [0, 0.05) is 0 Å². The monoisotopic (exact) mass is 206 g/mol. The minimum absolute atomic E-state index is 0.562. The lowest BCUT2D eigenvalue weighted by atomic mass is 9.64. The molecule has 0 N–H and O–H groups in total. The van der Waals surface area contributed by atoms with E-state index in [9.17, 15) is 0 Å². The fourth-order valence-electron chi connectivity index (χ4n) is 3.75. The summed E-state index contributed by atoms with van der Waals surface area (Å²) in [5.41, 5.74) is 0.562. The van der Waals surface area contributed by atoms with Crippen LogP contribution in [0.1, 0.15) is 59.3 Å². The second kappa shape index (κ2) is 4.31. The molecule has 1 atom stereocenters. The van der Waals surface area contributed by atoms with Gasteiger partial charge >= 0.3 is 0 Å². The summed E-state index contributed by atoms with van der Waals surface area (Å²) in [6.07, 6.45) is 13.6. The number of rotatable bonds is 0. The second-order valence-electron chi connectivity index (χ2n) is 6.55. The van der Waals surface area contributed by atoms with Crippen LogP contribution in [0.15, 0.2) is 12.2 Å². The summed E-state index contributed by atoms with van der Waals surface area (Å²) < 4.78 is 0. The van der Waals surface area contributed by atoms with Crippen molar-refractivity contribution in [2.75, 3.05) is 0 Å². The maximum Gasteiger partial charge on any atom is -0.0257 e. The molecule has 0 heteroatoms. The average molecular weight is 206 g/mol. The number of hydrogen-bond acceptors (Lipinski definition) is 0. The number of allylic oxidation sites excluding steroid dienone is 2. The standard InChI is InChI=1S/C15H26/c1-12-5-4-6-13-7-9-14(10-8-13)15(2,3)11-12/h4-5,12-14H,6-11H2,1-3H3/b5-4+. The molecular formula is C15H26. The van der Waals surface area contributed by atoms with Gasteiger partial charge < -0.3 is 0 Å². The van der Waals surface area contributed by atoms with Crippen LogP contribution in [-0.4, -0.2) is 0 Å². The van der Waals surface area contributed by atoms with Gasteiger partial charge in [-0.15, -0.1) is 0 Å².